The minimum atomic E-state index is -0.697. The number of hydrogen-bond donors (Lipinski definition) is 1. The molecule has 1 aromatic carbocycles. The average Bonchev–Trinajstić information content (AvgIpc) is 2.58. The summed E-state index contributed by atoms with van der Waals surface area (Å²) in [5, 5.41) is 10.6. The van der Waals surface area contributed by atoms with Gasteiger partial charge in [0.1, 0.15) is 5.75 Å². The van der Waals surface area contributed by atoms with Gasteiger partial charge in [0.25, 0.3) is 0 Å². The van der Waals surface area contributed by atoms with Crippen LogP contribution < -0.4 is 4.74 Å². The fraction of sp³-hybridized carbons (Fsp3) is 0.118. The fourth-order valence-electron chi connectivity index (χ4n) is 2.21. The minimum absolute atomic E-state index is 0.129. The standard InChI is InChI=1S/C17H14N2O4/c1-10-14-12(16(20)15(18-10)17(21)22-2)8-9-13(19-14)23-11-6-4-3-5-7-11/h3-9,20H,1-2H3. The second kappa shape index (κ2) is 5.92. The Morgan fingerprint density at radius 2 is 1.83 bits per heavy atom. The van der Waals surface area contributed by atoms with E-state index >= 15 is 0 Å². The van der Waals surface area contributed by atoms with Gasteiger partial charge in [-0.25, -0.2) is 14.8 Å². The van der Waals surface area contributed by atoms with Crippen molar-refractivity contribution in [3.05, 3.63) is 53.9 Å². The van der Waals surface area contributed by atoms with Crippen molar-refractivity contribution in [2.45, 2.75) is 6.92 Å². The van der Waals surface area contributed by atoms with Crippen LogP contribution in [0.2, 0.25) is 0 Å². The third-order valence-electron chi connectivity index (χ3n) is 3.32. The number of methoxy groups -OCH3 is 1. The second-order valence-corrected chi connectivity index (χ2v) is 4.85. The van der Waals surface area contributed by atoms with E-state index in [0.717, 1.165) is 0 Å². The van der Waals surface area contributed by atoms with Crippen molar-refractivity contribution in [3.8, 4) is 17.4 Å². The van der Waals surface area contributed by atoms with E-state index in [1.807, 2.05) is 30.3 Å². The molecule has 116 valence electrons. The van der Waals surface area contributed by atoms with E-state index in [1.165, 1.54) is 7.11 Å². The van der Waals surface area contributed by atoms with Crippen LogP contribution in [0.3, 0.4) is 0 Å². The molecule has 0 spiro atoms. The van der Waals surface area contributed by atoms with Gasteiger partial charge >= 0.3 is 5.97 Å². The lowest BCUT2D eigenvalue weighted by molar-refractivity contribution is 0.0590. The first-order valence-electron chi connectivity index (χ1n) is 6.91. The van der Waals surface area contributed by atoms with E-state index in [2.05, 4.69) is 14.7 Å². The number of benzene rings is 1. The number of pyridine rings is 2. The summed E-state index contributed by atoms with van der Waals surface area (Å²) in [5.74, 6) is 0.0764. The van der Waals surface area contributed by atoms with Crippen LogP contribution in [0.15, 0.2) is 42.5 Å². The van der Waals surface area contributed by atoms with Crippen molar-refractivity contribution in [2.75, 3.05) is 7.11 Å². The lowest BCUT2D eigenvalue weighted by atomic mass is 10.1. The maximum Gasteiger partial charge on any atom is 0.360 e. The Labute approximate surface area is 132 Å². The van der Waals surface area contributed by atoms with Gasteiger partial charge in [-0.05, 0) is 25.1 Å². The molecule has 2 heterocycles. The predicted molar refractivity (Wildman–Crippen MR) is 83.8 cm³/mol. The first-order chi connectivity index (χ1) is 11.1. The van der Waals surface area contributed by atoms with Crippen molar-refractivity contribution in [1.29, 1.82) is 0 Å². The number of carbonyl (C=O) groups excluding carboxylic acids is 1. The third kappa shape index (κ3) is 2.78. The van der Waals surface area contributed by atoms with Gasteiger partial charge in [-0.2, -0.15) is 0 Å². The SMILES string of the molecule is COC(=O)c1nc(C)c2nc(Oc3ccccc3)ccc2c1O. The van der Waals surface area contributed by atoms with Crippen LogP contribution in [0.5, 0.6) is 17.4 Å². The molecule has 0 radical (unpaired) electrons. The largest absolute Gasteiger partial charge is 0.505 e. The molecule has 6 nitrogen and oxygen atoms in total. The van der Waals surface area contributed by atoms with Gasteiger partial charge < -0.3 is 14.6 Å². The van der Waals surface area contributed by atoms with E-state index in [9.17, 15) is 9.90 Å². The number of hydrogen-bond acceptors (Lipinski definition) is 6. The van der Waals surface area contributed by atoms with Gasteiger partial charge in [-0.3, -0.25) is 0 Å². The van der Waals surface area contributed by atoms with E-state index in [-0.39, 0.29) is 11.4 Å². The number of para-hydroxylation sites is 1. The molecule has 0 fully saturated rings. The number of fused-ring (bicyclic) bond motifs is 1. The topological polar surface area (TPSA) is 81.5 Å². The van der Waals surface area contributed by atoms with Gasteiger partial charge in [0.05, 0.1) is 18.3 Å². The molecule has 1 N–H and O–H groups in total. The zero-order chi connectivity index (χ0) is 16.4. The Morgan fingerprint density at radius 3 is 2.52 bits per heavy atom. The quantitative estimate of drug-likeness (QED) is 0.748. The number of esters is 1. The minimum Gasteiger partial charge on any atom is -0.505 e. The van der Waals surface area contributed by atoms with E-state index < -0.39 is 5.97 Å². The van der Waals surface area contributed by atoms with Crippen molar-refractivity contribution < 1.29 is 19.4 Å². The first-order valence-corrected chi connectivity index (χ1v) is 6.91. The van der Waals surface area contributed by atoms with Gasteiger partial charge in [0.2, 0.25) is 5.88 Å². The Morgan fingerprint density at radius 1 is 1.09 bits per heavy atom. The number of rotatable bonds is 3. The molecule has 0 amide bonds. The number of aryl methyl sites for hydroxylation is 1. The average molecular weight is 310 g/mol. The summed E-state index contributed by atoms with van der Waals surface area (Å²) in [4.78, 5) is 20.1. The molecule has 0 unspecified atom stereocenters. The lowest BCUT2D eigenvalue weighted by Crippen LogP contribution is -2.07. The number of ether oxygens (including phenoxy) is 2. The molecule has 0 aliphatic heterocycles. The van der Waals surface area contributed by atoms with Gasteiger partial charge in [-0.1, -0.05) is 18.2 Å². The molecule has 6 heteroatoms. The number of nitrogens with zero attached hydrogens (tertiary/aromatic N) is 2. The Bertz CT molecular complexity index is 879. The highest BCUT2D eigenvalue weighted by atomic mass is 16.5. The Hall–Kier alpha value is -3.15. The zero-order valence-electron chi connectivity index (χ0n) is 12.6. The Kier molecular flexibility index (Phi) is 3.80. The number of aromatic hydroxyl groups is 1. The van der Waals surface area contributed by atoms with Crippen LogP contribution in [0, 0.1) is 6.92 Å². The maximum atomic E-state index is 11.6. The van der Waals surface area contributed by atoms with E-state index in [4.69, 9.17) is 4.74 Å². The van der Waals surface area contributed by atoms with Crippen LogP contribution >= 0.6 is 0 Å². The lowest BCUT2D eigenvalue weighted by Gasteiger charge is -2.10. The molecular formula is C17H14N2O4. The normalized spacial score (nSPS) is 10.5. The zero-order valence-corrected chi connectivity index (χ0v) is 12.6. The molecule has 0 aliphatic carbocycles. The van der Waals surface area contributed by atoms with E-state index in [1.54, 1.807) is 19.1 Å². The molecule has 3 rings (SSSR count). The summed E-state index contributed by atoms with van der Waals surface area (Å²) in [5.41, 5.74) is 0.830. The summed E-state index contributed by atoms with van der Waals surface area (Å²) < 4.78 is 10.3. The van der Waals surface area contributed by atoms with Crippen molar-refractivity contribution in [1.82, 2.24) is 9.97 Å². The smallest absolute Gasteiger partial charge is 0.360 e. The molecule has 3 aromatic rings. The van der Waals surface area contributed by atoms with Gasteiger partial charge in [0, 0.05) is 11.5 Å². The second-order valence-electron chi connectivity index (χ2n) is 4.85. The fourth-order valence-corrected chi connectivity index (χ4v) is 2.21. The predicted octanol–water partition coefficient (Wildman–Crippen LogP) is 3.22. The summed E-state index contributed by atoms with van der Waals surface area (Å²) in [7, 11) is 1.23. The summed E-state index contributed by atoms with van der Waals surface area (Å²) in [6.07, 6.45) is 0. The van der Waals surface area contributed by atoms with Crippen LogP contribution in [-0.2, 0) is 4.74 Å². The van der Waals surface area contributed by atoms with Crippen molar-refractivity contribution >= 4 is 16.9 Å². The van der Waals surface area contributed by atoms with Gasteiger partial charge in [-0.15, -0.1) is 0 Å². The highest BCUT2D eigenvalue weighted by Crippen LogP contribution is 2.31. The van der Waals surface area contributed by atoms with Crippen LogP contribution in [0.4, 0.5) is 0 Å². The highest BCUT2D eigenvalue weighted by molar-refractivity contribution is 5.98. The first kappa shape index (κ1) is 14.8. The van der Waals surface area contributed by atoms with Crippen molar-refractivity contribution in [3.63, 3.8) is 0 Å². The molecule has 2 aromatic heterocycles. The molecule has 0 bridgehead atoms. The summed E-state index contributed by atoms with van der Waals surface area (Å²) >= 11 is 0. The third-order valence-corrected chi connectivity index (χ3v) is 3.32. The maximum absolute atomic E-state index is 11.6. The number of carbonyl (C=O) groups is 1. The van der Waals surface area contributed by atoms with Crippen molar-refractivity contribution in [2.24, 2.45) is 0 Å². The molecule has 0 aliphatic rings. The molecule has 0 saturated heterocycles. The molecule has 0 saturated carbocycles. The van der Waals surface area contributed by atoms with Crippen LogP contribution in [0.25, 0.3) is 10.9 Å². The van der Waals surface area contributed by atoms with E-state index in [0.29, 0.717) is 28.2 Å². The molecular weight excluding hydrogens is 296 g/mol. The van der Waals surface area contributed by atoms with Crippen LogP contribution in [-0.4, -0.2) is 28.2 Å². The monoisotopic (exact) mass is 310 g/mol. The summed E-state index contributed by atoms with van der Waals surface area (Å²) in [6, 6.07) is 12.5. The van der Waals surface area contributed by atoms with Gasteiger partial charge in [0.15, 0.2) is 11.4 Å². The Balaban J connectivity index is 2.07. The highest BCUT2D eigenvalue weighted by Gasteiger charge is 2.19. The van der Waals surface area contributed by atoms with Crippen LogP contribution in [0.1, 0.15) is 16.2 Å². The number of aromatic nitrogens is 2. The molecule has 23 heavy (non-hydrogen) atoms. The molecule has 0 atom stereocenters. The summed E-state index contributed by atoms with van der Waals surface area (Å²) in [6.45, 7) is 1.70.